The Morgan fingerprint density at radius 1 is 1.03 bits per heavy atom. The van der Waals surface area contributed by atoms with Crippen LogP contribution in [0.5, 0.6) is 11.5 Å². The fourth-order valence-electron chi connectivity index (χ4n) is 2.98. The highest BCUT2D eigenvalue weighted by Crippen LogP contribution is 2.38. The number of hydrogen-bond acceptors (Lipinski definition) is 5. The first-order valence-electron chi connectivity index (χ1n) is 9.46. The van der Waals surface area contributed by atoms with Gasteiger partial charge in [0.05, 0.1) is 11.6 Å². The van der Waals surface area contributed by atoms with Gasteiger partial charge in [-0.1, -0.05) is 12.1 Å². The van der Waals surface area contributed by atoms with E-state index < -0.39 is 5.97 Å². The van der Waals surface area contributed by atoms with E-state index in [1.807, 2.05) is 54.6 Å². The van der Waals surface area contributed by atoms with Crippen molar-refractivity contribution in [2.45, 2.75) is 6.61 Å². The van der Waals surface area contributed by atoms with Crippen molar-refractivity contribution in [1.29, 1.82) is 0 Å². The Labute approximate surface area is 221 Å². The number of hydrogen-bond donors (Lipinski definition) is 0. The molecule has 0 spiro atoms. The summed E-state index contributed by atoms with van der Waals surface area (Å²) >= 11 is 8.04. The Bertz CT molecular complexity index is 1220. The summed E-state index contributed by atoms with van der Waals surface area (Å²) in [6, 6.07) is 19.4. The first-order chi connectivity index (χ1) is 15.4. The highest BCUT2D eigenvalue weighted by Gasteiger charge is 2.24. The lowest BCUT2D eigenvalue weighted by Crippen LogP contribution is -2.05. The fraction of sp³-hybridized carbons (Fsp3) is 0.0833. The minimum absolute atomic E-state index is 0.222. The molecule has 0 radical (unpaired) electrons. The molecule has 0 bridgehead atoms. The first-order valence-corrected chi connectivity index (χ1v) is 12.4. The molecule has 0 saturated carbocycles. The lowest BCUT2D eigenvalue weighted by molar-refractivity contribution is -0.129. The van der Waals surface area contributed by atoms with Crippen molar-refractivity contribution in [3.8, 4) is 11.5 Å². The Balaban J connectivity index is 1.58. The van der Waals surface area contributed by atoms with Crippen LogP contribution in [0.4, 0.5) is 0 Å². The van der Waals surface area contributed by atoms with Gasteiger partial charge in [-0.2, -0.15) is 0 Å². The van der Waals surface area contributed by atoms with Crippen LogP contribution in [0.2, 0.25) is 0 Å². The van der Waals surface area contributed by atoms with Crippen molar-refractivity contribution in [2.75, 3.05) is 7.11 Å². The lowest BCUT2D eigenvalue weighted by Gasteiger charge is -2.14. The van der Waals surface area contributed by atoms with E-state index in [9.17, 15) is 4.79 Å². The average molecular weight is 716 g/mol. The largest absolute Gasteiger partial charge is 0.493 e. The van der Waals surface area contributed by atoms with Crippen LogP contribution in [-0.2, 0) is 16.1 Å². The number of carbonyl (C=O) groups is 1. The fourth-order valence-corrected chi connectivity index (χ4v) is 4.28. The van der Waals surface area contributed by atoms with E-state index in [1.54, 1.807) is 19.3 Å². The van der Waals surface area contributed by atoms with E-state index in [2.05, 4.69) is 66.1 Å². The summed E-state index contributed by atoms with van der Waals surface area (Å²) in [4.78, 5) is 16.7. The van der Waals surface area contributed by atoms with Crippen molar-refractivity contribution in [1.82, 2.24) is 0 Å². The highest BCUT2D eigenvalue weighted by atomic mass is 127. The van der Waals surface area contributed by atoms with Crippen LogP contribution < -0.4 is 9.47 Å². The molecule has 162 valence electrons. The zero-order chi connectivity index (χ0) is 22.7. The molecule has 1 aliphatic rings. The molecule has 5 nitrogen and oxygen atoms in total. The molecule has 0 aliphatic carbocycles. The number of cyclic esters (lactones) is 1. The quantitative estimate of drug-likeness (QED) is 0.164. The van der Waals surface area contributed by atoms with Crippen molar-refractivity contribution >= 4 is 79.1 Å². The zero-order valence-corrected chi connectivity index (χ0v) is 22.7. The minimum Gasteiger partial charge on any atom is -0.493 e. The van der Waals surface area contributed by atoms with Crippen molar-refractivity contribution < 1.29 is 19.0 Å². The highest BCUT2D eigenvalue weighted by molar-refractivity contribution is 14.1. The van der Waals surface area contributed by atoms with Crippen molar-refractivity contribution in [3.63, 3.8) is 0 Å². The van der Waals surface area contributed by atoms with Crippen LogP contribution in [0.25, 0.3) is 6.08 Å². The van der Waals surface area contributed by atoms with Crippen LogP contribution in [0.1, 0.15) is 16.7 Å². The van der Waals surface area contributed by atoms with Crippen LogP contribution in [0.3, 0.4) is 0 Å². The third-order valence-corrected chi connectivity index (χ3v) is 6.59. The van der Waals surface area contributed by atoms with Gasteiger partial charge in [0.25, 0.3) is 0 Å². The lowest BCUT2D eigenvalue weighted by atomic mass is 10.1. The van der Waals surface area contributed by atoms with Gasteiger partial charge in [-0.15, -0.1) is 0 Å². The van der Waals surface area contributed by atoms with Gasteiger partial charge in [0.15, 0.2) is 17.2 Å². The normalized spacial score (nSPS) is 14.3. The average Bonchev–Trinajstić information content (AvgIpc) is 3.14. The number of aliphatic imine (C=N–C) groups is 1. The molecule has 32 heavy (non-hydrogen) atoms. The summed E-state index contributed by atoms with van der Waals surface area (Å²) in [5, 5.41) is 0. The predicted octanol–water partition coefficient (Wildman–Crippen LogP) is 6.59. The van der Waals surface area contributed by atoms with Crippen molar-refractivity contribution in [2.24, 2.45) is 4.99 Å². The smallest absolute Gasteiger partial charge is 0.363 e. The third kappa shape index (κ3) is 5.52. The second-order valence-corrected chi connectivity index (χ2v) is 10.1. The van der Waals surface area contributed by atoms with Gasteiger partial charge in [0.1, 0.15) is 6.61 Å². The molecule has 0 N–H and O–H groups in total. The number of carbonyl (C=O) groups excluding carboxylic acids is 1. The maximum atomic E-state index is 12.3. The summed E-state index contributed by atoms with van der Waals surface area (Å²) in [6.45, 7) is 0.405. The number of esters is 1. The van der Waals surface area contributed by atoms with Crippen LogP contribution in [0.15, 0.2) is 75.8 Å². The number of ether oxygens (including phenoxy) is 3. The second-order valence-electron chi connectivity index (χ2n) is 6.79. The third-order valence-electron chi connectivity index (χ3n) is 4.56. The summed E-state index contributed by atoms with van der Waals surface area (Å²) in [5.41, 5.74) is 2.76. The first kappa shape index (κ1) is 23.2. The topological polar surface area (TPSA) is 57.1 Å². The van der Waals surface area contributed by atoms with E-state index in [0.29, 0.717) is 28.5 Å². The van der Waals surface area contributed by atoms with E-state index in [1.165, 1.54) is 3.57 Å². The Kier molecular flexibility index (Phi) is 7.51. The number of nitrogens with zero attached hydrogens (tertiary/aromatic N) is 1. The SMILES string of the molecule is COc1cc(/C=C2\N=C(c3ccc(I)cc3)OC2=O)cc(Br)c1OCc1ccc(I)cc1. The van der Waals surface area contributed by atoms with E-state index >= 15 is 0 Å². The van der Waals surface area contributed by atoms with Gasteiger partial charge in [-0.25, -0.2) is 9.79 Å². The monoisotopic (exact) mass is 715 g/mol. The molecule has 3 aromatic rings. The zero-order valence-electron chi connectivity index (χ0n) is 16.8. The molecule has 1 aliphatic heterocycles. The summed E-state index contributed by atoms with van der Waals surface area (Å²) in [6.07, 6.45) is 1.66. The molecule has 1 heterocycles. The Morgan fingerprint density at radius 2 is 1.69 bits per heavy atom. The van der Waals surface area contributed by atoms with Gasteiger partial charge in [0.2, 0.25) is 5.90 Å². The molecule has 8 heteroatoms. The summed E-state index contributed by atoms with van der Waals surface area (Å²) in [7, 11) is 1.58. The summed E-state index contributed by atoms with van der Waals surface area (Å²) < 4.78 is 19.8. The van der Waals surface area contributed by atoms with Gasteiger partial charge in [-0.3, -0.25) is 0 Å². The van der Waals surface area contributed by atoms with E-state index in [-0.39, 0.29) is 5.70 Å². The van der Waals surface area contributed by atoms with Gasteiger partial charge in [-0.05, 0) is 127 Å². The maximum absolute atomic E-state index is 12.3. The minimum atomic E-state index is -0.493. The number of rotatable bonds is 6. The van der Waals surface area contributed by atoms with Crippen LogP contribution >= 0.6 is 61.1 Å². The number of benzene rings is 3. The predicted molar refractivity (Wildman–Crippen MR) is 144 cm³/mol. The van der Waals surface area contributed by atoms with E-state index in [4.69, 9.17) is 14.2 Å². The van der Waals surface area contributed by atoms with Gasteiger partial charge >= 0.3 is 5.97 Å². The number of methoxy groups -OCH3 is 1. The molecule has 0 fully saturated rings. The van der Waals surface area contributed by atoms with Gasteiger partial charge < -0.3 is 14.2 Å². The maximum Gasteiger partial charge on any atom is 0.363 e. The molecule has 0 amide bonds. The van der Waals surface area contributed by atoms with Crippen LogP contribution in [0, 0.1) is 7.14 Å². The molecule has 0 atom stereocenters. The Hall–Kier alpha value is -1.92. The Morgan fingerprint density at radius 3 is 2.34 bits per heavy atom. The molecule has 4 rings (SSSR count). The van der Waals surface area contributed by atoms with Crippen LogP contribution in [-0.4, -0.2) is 19.0 Å². The second kappa shape index (κ2) is 10.3. The van der Waals surface area contributed by atoms with Crippen molar-refractivity contribution in [3.05, 3.63) is 94.7 Å². The molecule has 0 aromatic heterocycles. The van der Waals surface area contributed by atoms with E-state index in [0.717, 1.165) is 20.3 Å². The molecular formula is C24H16BrI2NO4. The molecular weight excluding hydrogens is 700 g/mol. The molecule has 0 saturated heterocycles. The number of halogens is 3. The summed E-state index contributed by atoms with van der Waals surface area (Å²) in [5.74, 6) is 0.934. The standard InChI is InChI=1S/C24H16BrI2NO4/c1-30-21-12-15(10-19(25)22(21)31-13-14-2-6-17(26)7-3-14)11-20-24(29)32-23(28-20)16-4-8-18(27)9-5-16/h2-12H,13H2,1H3/b20-11-. The van der Waals surface area contributed by atoms with Gasteiger partial charge in [0, 0.05) is 12.7 Å². The molecule has 0 unspecified atom stereocenters. The molecule has 3 aromatic carbocycles.